The molecule has 2 aromatic carbocycles. The lowest BCUT2D eigenvalue weighted by Gasteiger charge is -2.16. The highest BCUT2D eigenvalue weighted by molar-refractivity contribution is 7.17. The second-order valence-corrected chi connectivity index (χ2v) is 9.89. The van der Waals surface area contributed by atoms with Crippen molar-refractivity contribution in [1.82, 2.24) is 15.3 Å². The largest absolute Gasteiger partial charge is 0.466 e. The van der Waals surface area contributed by atoms with E-state index in [0.29, 0.717) is 28.1 Å². The number of rotatable bonds is 11. The average Bonchev–Trinajstić information content (AvgIpc) is 3.38. The number of amides is 1. The third kappa shape index (κ3) is 6.80. The molecular formula is C28H30N4O6S. The topological polar surface area (TPSA) is 139 Å². The highest BCUT2D eigenvalue weighted by Crippen LogP contribution is 2.26. The molecule has 10 nitrogen and oxygen atoms in total. The Bertz CT molecular complexity index is 1580. The molecule has 3 N–H and O–H groups in total. The lowest BCUT2D eigenvalue weighted by molar-refractivity contribution is -0.146. The molecule has 0 aliphatic carbocycles. The number of carbonyl (C=O) groups is 3. The minimum Gasteiger partial charge on any atom is -0.466 e. The van der Waals surface area contributed by atoms with E-state index in [1.807, 2.05) is 30.3 Å². The highest BCUT2D eigenvalue weighted by Gasteiger charge is 2.24. The van der Waals surface area contributed by atoms with Gasteiger partial charge in [0.25, 0.3) is 11.5 Å². The molecule has 1 amide bonds. The number of carbonyl (C=O) groups excluding carboxylic acids is 3. The first-order valence-corrected chi connectivity index (χ1v) is 13.5. The SMILES string of the molecule is CCOC(=O)CC[C@H](NC(=O)c1ccc(NCc2ccc3ccc4nc(C)[nH]c(=O)c4c3c2)s1)C(=O)OCC. The molecular weight excluding hydrogens is 520 g/mol. The third-order valence-electron chi connectivity index (χ3n) is 5.99. The molecule has 0 spiro atoms. The van der Waals surface area contributed by atoms with Gasteiger partial charge < -0.3 is 25.1 Å². The van der Waals surface area contributed by atoms with Gasteiger partial charge in [-0.05, 0) is 67.8 Å². The predicted octanol–water partition coefficient (Wildman–Crippen LogP) is 4.06. The first kappa shape index (κ1) is 27.8. The van der Waals surface area contributed by atoms with Gasteiger partial charge in [-0.3, -0.25) is 14.4 Å². The summed E-state index contributed by atoms with van der Waals surface area (Å²) in [6.07, 6.45) is 0.0614. The quantitative estimate of drug-likeness (QED) is 0.188. The molecule has 11 heteroatoms. The Labute approximate surface area is 228 Å². The van der Waals surface area contributed by atoms with Gasteiger partial charge in [0.15, 0.2) is 0 Å². The summed E-state index contributed by atoms with van der Waals surface area (Å²) in [5, 5.41) is 9.05. The van der Waals surface area contributed by atoms with Crippen LogP contribution in [0, 0.1) is 6.92 Å². The first-order chi connectivity index (χ1) is 18.8. The maximum absolute atomic E-state index is 12.9. The summed E-state index contributed by atoms with van der Waals surface area (Å²) in [6, 6.07) is 12.2. The van der Waals surface area contributed by atoms with E-state index in [-0.39, 0.29) is 31.6 Å². The Morgan fingerprint density at radius 2 is 1.82 bits per heavy atom. The van der Waals surface area contributed by atoms with E-state index >= 15 is 0 Å². The van der Waals surface area contributed by atoms with Crippen LogP contribution in [0.5, 0.6) is 0 Å². The summed E-state index contributed by atoms with van der Waals surface area (Å²) in [5.74, 6) is -0.914. The van der Waals surface area contributed by atoms with Crippen molar-refractivity contribution in [2.45, 2.75) is 46.2 Å². The number of hydrogen-bond acceptors (Lipinski definition) is 9. The van der Waals surface area contributed by atoms with E-state index in [4.69, 9.17) is 9.47 Å². The number of hydrogen-bond donors (Lipinski definition) is 3. The number of H-pyrrole nitrogens is 1. The molecule has 0 aliphatic heterocycles. The van der Waals surface area contributed by atoms with Gasteiger partial charge in [-0.15, -0.1) is 11.3 Å². The summed E-state index contributed by atoms with van der Waals surface area (Å²) in [7, 11) is 0. The Hall–Kier alpha value is -4.25. The van der Waals surface area contributed by atoms with Crippen molar-refractivity contribution in [2.24, 2.45) is 0 Å². The number of aryl methyl sites for hydroxylation is 1. The zero-order valence-electron chi connectivity index (χ0n) is 22.0. The molecule has 0 saturated carbocycles. The molecule has 2 heterocycles. The number of aromatic nitrogens is 2. The fraction of sp³-hybridized carbons (Fsp3) is 0.321. The Morgan fingerprint density at radius 1 is 1.05 bits per heavy atom. The maximum atomic E-state index is 12.9. The van der Waals surface area contributed by atoms with E-state index in [1.54, 1.807) is 32.9 Å². The number of ether oxygens (including phenoxy) is 2. The number of aromatic amines is 1. The van der Waals surface area contributed by atoms with Crippen molar-refractivity contribution in [3.63, 3.8) is 0 Å². The summed E-state index contributed by atoms with van der Waals surface area (Å²) in [4.78, 5) is 57.2. The molecule has 0 fully saturated rings. The van der Waals surface area contributed by atoms with E-state index in [2.05, 4.69) is 20.6 Å². The molecule has 4 rings (SSSR count). The van der Waals surface area contributed by atoms with Crippen molar-refractivity contribution in [1.29, 1.82) is 0 Å². The fourth-order valence-corrected chi connectivity index (χ4v) is 5.00. The van der Waals surface area contributed by atoms with Crippen LogP contribution < -0.4 is 16.2 Å². The molecule has 39 heavy (non-hydrogen) atoms. The smallest absolute Gasteiger partial charge is 0.328 e. The minimum atomic E-state index is -0.964. The van der Waals surface area contributed by atoms with Crippen molar-refractivity contribution in [3.8, 4) is 0 Å². The van der Waals surface area contributed by atoms with Gasteiger partial charge in [0.1, 0.15) is 11.9 Å². The van der Waals surface area contributed by atoms with Crippen LogP contribution in [0.2, 0.25) is 0 Å². The molecule has 2 aromatic heterocycles. The first-order valence-electron chi connectivity index (χ1n) is 12.7. The standard InChI is InChI=1S/C28H30N4O6S/c1-4-37-24(33)13-10-21(28(36)38-5-2)32-26(34)22-11-12-23(39-22)29-15-17-6-7-18-8-9-20-25(19(18)14-17)27(35)31-16(3)30-20/h6-9,11-12,14,21,29H,4-5,10,13,15H2,1-3H3,(H,32,34)(H,30,31,35)/t21-/m0/s1. The molecule has 0 aliphatic rings. The van der Waals surface area contributed by atoms with E-state index < -0.39 is 23.9 Å². The van der Waals surface area contributed by atoms with Crippen LogP contribution in [-0.2, 0) is 25.6 Å². The van der Waals surface area contributed by atoms with Crippen molar-refractivity contribution >= 4 is 55.9 Å². The second kappa shape index (κ2) is 12.5. The van der Waals surface area contributed by atoms with Crippen molar-refractivity contribution < 1.29 is 23.9 Å². The molecule has 204 valence electrons. The average molecular weight is 551 g/mol. The summed E-state index contributed by atoms with van der Waals surface area (Å²) < 4.78 is 9.97. The van der Waals surface area contributed by atoms with Crippen molar-refractivity contribution in [3.05, 3.63) is 69.1 Å². The minimum absolute atomic E-state index is 0.0164. The van der Waals surface area contributed by atoms with Gasteiger partial charge >= 0.3 is 11.9 Å². The zero-order chi connectivity index (χ0) is 27.9. The summed E-state index contributed by atoms with van der Waals surface area (Å²) in [5.41, 5.74) is 1.42. The Balaban J connectivity index is 1.44. The molecule has 0 saturated heterocycles. The van der Waals surface area contributed by atoms with Crippen LogP contribution in [0.4, 0.5) is 5.00 Å². The number of thiophene rings is 1. The van der Waals surface area contributed by atoms with Crippen LogP contribution in [0.25, 0.3) is 21.7 Å². The fourth-order valence-electron chi connectivity index (χ4n) is 4.19. The number of nitrogens with one attached hydrogen (secondary N) is 3. The van der Waals surface area contributed by atoms with Crippen molar-refractivity contribution in [2.75, 3.05) is 18.5 Å². The number of benzene rings is 2. The predicted molar refractivity (Wildman–Crippen MR) is 150 cm³/mol. The van der Waals surface area contributed by atoms with Gasteiger partial charge in [-0.25, -0.2) is 9.78 Å². The molecule has 1 atom stereocenters. The van der Waals surface area contributed by atoms with Crippen LogP contribution in [0.1, 0.15) is 47.7 Å². The van der Waals surface area contributed by atoms with Gasteiger partial charge in [0, 0.05) is 13.0 Å². The van der Waals surface area contributed by atoms with E-state index in [1.165, 1.54) is 11.3 Å². The lowest BCUT2D eigenvalue weighted by atomic mass is 10.0. The van der Waals surface area contributed by atoms with E-state index in [0.717, 1.165) is 21.3 Å². The highest BCUT2D eigenvalue weighted by atomic mass is 32.1. The summed E-state index contributed by atoms with van der Waals surface area (Å²) >= 11 is 1.24. The normalized spacial score (nSPS) is 11.8. The lowest BCUT2D eigenvalue weighted by Crippen LogP contribution is -2.42. The molecule has 0 unspecified atom stereocenters. The van der Waals surface area contributed by atoms with Gasteiger partial charge in [0.2, 0.25) is 0 Å². The second-order valence-electron chi connectivity index (χ2n) is 8.81. The summed E-state index contributed by atoms with van der Waals surface area (Å²) in [6.45, 7) is 5.99. The van der Waals surface area contributed by atoms with Gasteiger partial charge in [-0.2, -0.15) is 0 Å². The van der Waals surface area contributed by atoms with Crippen LogP contribution in [0.15, 0.2) is 47.3 Å². The molecule has 4 aromatic rings. The van der Waals surface area contributed by atoms with Gasteiger partial charge in [-0.1, -0.05) is 18.2 Å². The Kier molecular flexibility index (Phi) is 8.92. The van der Waals surface area contributed by atoms with Gasteiger partial charge in [0.05, 0.1) is 34.0 Å². The third-order valence-corrected chi connectivity index (χ3v) is 7.03. The zero-order valence-corrected chi connectivity index (χ0v) is 22.8. The number of nitrogens with zero attached hydrogens (tertiary/aromatic N) is 1. The molecule has 0 bridgehead atoms. The van der Waals surface area contributed by atoms with Crippen LogP contribution in [-0.4, -0.2) is 47.1 Å². The molecule has 0 radical (unpaired) electrons. The van der Waals surface area contributed by atoms with Crippen LogP contribution >= 0.6 is 11.3 Å². The van der Waals surface area contributed by atoms with Crippen LogP contribution in [0.3, 0.4) is 0 Å². The number of fused-ring (bicyclic) bond motifs is 3. The number of esters is 2. The Morgan fingerprint density at radius 3 is 2.59 bits per heavy atom. The monoisotopic (exact) mass is 550 g/mol. The number of anilines is 1. The van der Waals surface area contributed by atoms with E-state index in [9.17, 15) is 19.2 Å². The maximum Gasteiger partial charge on any atom is 0.328 e.